The number of imidazole rings is 1. The average Bonchev–Trinajstić information content (AvgIpc) is 3.18. The molecule has 10 heteroatoms. The number of hydrogen-bond donors (Lipinski definition) is 1. The van der Waals surface area contributed by atoms with Crippen molar-refractivity contribution in [2.24, 2.45) is 0 Å². The van der Waals surface area contributed by atoms with E-state index in [4.69, 9.17) is 9.47 Å². The van der Waals surface area contributed by atoms with Crippen LogP contribution in [0.15, 0.2) is 59.6 Å². The van der Waals surface area contributed by atoms with E-state index < -0.39 is 15.8 Å². The van der Waals surface area contributed by atoms with Crippen molar-refractivity contribution < 1.29 is 22.3 Å². The molecule has 160 valence electrons. The van der Waals surface area contributed by atoms with Crippen LogP contribution in [0.1, 0.15) is 5.56 Å². The second-order valence-electron chi connectivity index (χ2n) is 6.74. The van der Waals surface area contributed by atoms with Gasteiger partial charge in [-0.2, -0.15) is 0 Å². The molecule has 0 fully saturated rings. The first kappa shape index (κ1) is 20.6. The molecule has 1 N–H and O–H groups in total. The average molecular weight is 442 g/mol. The number of fused-ring (bicyclic) bond motifs is 1. The zero-order valence-corrected chi connectivity index (χ0v) is 17.8. The van der Waals surface area contributed by atoms with Gasteiger partial charge in [-0.25, -0.2) is 22.3 Å². The van der Waals surface area contributed by atoms with E-state index >= 15 is 0 Å². The summed E-state index contributed by atoms with van der Waals surface area (Å²) in [6.45, 7) is 1.77. The van der Waals surface area contributed by atoms with Crippen molar-refractivity contribution in [2.45, 2.75) is 11.8 Å². The van der Waals surface area contributed by atoms with Crippen LogP contribution in [0, 0.1) is 12.7 Å². The van der Waals surface area contributed by atoms with E-state index in [9.17, 15) is 12.8 Å². The largest absolute Gasteiger partial charge is 0.494 e. The number of methoxy groups -OCH3 is 2. The van der Waals surface area contributed by atoms with Crippen molar-refractivity contribution >= 4 is 21.4 Å². The summed E-state index contributed by atoms with van der Waals surface area (Å²) in [5.41, 5.74) is 2.97. The minimum atomic E-state index is -4.02. The summed E-state index contributed by atoms with van der Waals surface area (Å²) < 4.78 is 53.7. The first-order chi connectivity index (χ1) is 14.8. The topological polar surface area (TPSA) is 94.8 Å². The summed E-state index contributed by atoms with van der Waals surface area (Å²) in [5.74, 6) is -0.349. The van der Waals surface area contributed by atoms with Crippen LogP contribution < -0.4 is 14.2 Å². The maximum Gasteiger partial charge on any atom is 0.262 e. The fraction of sp³-hybridized carbons (Fsp3) is 0.143. The van der Waals surface area contributed by atoms with Crippen molar-refractivity contribution in [3.05, 3.63) is 66.1 Å². The normalized spacial score (nSPS) is 11.5. The van der Waals surface area contributed by atoms with Gasteiger partial charge in [-0.15, -0.1) is 5.10 Å². The number of nitrogens with zero attached hydrogens (tertiary/aromatic N) is 3. The molecular weight excluding hydrogens is 423 g/mol. The highest BCUT2D eigenvalue weighted by Crippen LogP contribution is 2.28. The fourth-order valence-corrected chi connectivity index (χ4v) is 4.15. The molecule has 4 aromatic rings. The number of ether oxygens (including phenoxy) is 2. The summed E-state index contributed by atoms with van der Waals surface area (Å²) in [4.78, 5) is 4.31. The zero-order valence-electron chi connectivity index (χ0n) is 17.0. The van der Waals surface area contributed by atoms with E-state index in [2.05, 4.69) is 14.8 Å². The molecule has 0 bridgehead atoms. The molecule has 2 heterocycles. The Kier molecular flexibility index (Phi) is 5.24. The fourth-order valence-electron chi connectivity index (χ4n) is 3.02. The van der Waals surface area contributed by atoms with Crippen molar-refractivity contribution in [2.75, 3.05) is 18.9 Å². The molecule has 8 nitrogen and oxygen atoms in total. The van der Waals surface area contributed by atoms with Crippen LogP contribution in [0.4, 0.5) is 10.1 Å². The molecule has 2 aromatic carbocycles. The Balaban J connectivity index is 1.69. The van der Waals surface area contributed by atoms with Gasteiger partial charge in [0.1, 0.15) is 0 Å². The van der Waals surface area contributed by atoms with Crippen LogP contribution >= 0.6 is 0 Å². The Hall–Kier alpha value is -3.66. The lowest BCUT2D eigenvalue weighted by atomic mass is 10.1. The highest BCUT2D eigenvalue weighted by Gasteiger charge is 2.18. The Labute approximate surface area is 178 Å². The third kappa shape index (κ3) is 4.02. The van der Waals surface area contributed by atoms with Crippen LogP contribution in [0.3, 0.4) is 0 Å². The van der Waals surface area contributed by atoms with Gasteiger partial charge in [0.05, 0.1) is 36.7 Å². The molecule has 0 unspecified atom stereocenters. The van der Waals surface area contributed by atoms with E-state index in [0.717, 1.165) is 6.07 Å². The molecule has 0 spiro atoms. The summed E-state index contributed by atoms with van der Waals surface area (Å²) in [5, 5.41) is 4.28. The highest BCUT2D eigenvalue weighted by atomic mass is 32.2. The number of nitrogens with one attached hydrogen (secondary N) is 1. The zero-order chi connectivity index (χ0) is 22.2. The Morgan fingerprint density at radius 2 is 1.84 bits per heavy atom. The van der Waals surface area contributed by atoms with E-state index in [1.165, 1.54) is 26.4 Å². The van der Waals surface area contributed by atoms with Gasteiger partial charge in [0.2, 0.25) is 5.88 Å². The van der Waals surface area contributed by atoms with Gasteiger partial charge in [-0.3, -0.25) is 4.72 Å². The lowest BCUT2D eigenvalue weighted by molar-refractivity contribution is 0.385. The minimum absolute atomic E-state index is 0.0331. The number of halogens is 1. The van der Waals surface area contributed by atoms with Crippen LogP contribution in [0.2, 0.25) is 0 Å². The van der Waals surface area contributed by atoms with Gasteiger partial charge in [0, 0.05) is 11.6 Å². The lowest BCUT2D eigenvalue weighted by Crippen LogP contribution is -2.14. The Morgan fingerprint density at radius 3 is 2.55 bits per heavy atom. The summed E-state index contributed by atoms with van der Waals surface area (Å²) in [6.07, 6.45) is 1.72. The van der Waals surface area contributed by atoms with Crippen molar-refractivity contribution in [3.8, 4) is 22.9 Å². The third-order valence-corrected chi connectivity index (χ3v) is 6.08. The number of hydrogen-bond acceptors (Lipinski definition) is 6. The Morgan fingerprint density at radius 1 is 1.03 bits per heavy atom. The number of aromatic nitrogens is 3. The van der Waals surface area contributed by atoms with E-state index in [-0.39, 0.29) is 10.6 Å². The summed E-state index contributed by atoms with van der Waals surface area (Å²) in [7, 11) is -1.18. The highest BCUT2D eigenvalue weighted by molar-refractivity contribution is 7.92. The molecule has 0 aliphatic heterocycles. The molecule has 0 radical (unpaired) electrons. The maximum atomic E-state index is 14.0. The second kappa shape index (κ2) is 7.88. The van der Waals surface area contributed by atoms with E-state index in [1.54, 1.807) is 41.9 Å². The molecule has 0 aliphatic rings. The predicted octanol–water partition coefficient (Wildman–Crippen LogP) is 3.66. The molecule has 0 saturated carbocycles. The van der Waals surface area contributed by atoms with Crippen molar-refractivity contribution in [1.29, 1.82) is 0 Å². The summed E-state index contributed by atoms with van der Waals surface area (Å²) in [6, 6.07) is 12.2. The first-order valence-electron chi connectivity index (χ1n) is 9.18. The van der Waals surface area contributed by atoms with Gasteiger partial charge in [-0.05, 0) is 42.8 Å². The third-order valence-electron chi connectivity index (χ3n) is 4.72. The molecule has 0 saturated heterocycles. The Bertz CT molecular complexity index is 1390. The first-order valence-corrected chi connectivity index (χ1v) is 10.7. The number of sulfonamides is 1. The van der Waals surface area contributed by atoms with E-state index in [0.29, 0.717) is 34.0 Å². The SMILES string of the molecule is COc1ccc2nc(-c3ccc(C)c(NS(=O)(=O)c4ccc(OC)c(F)c4)c3)cn2n1. The standard InChI is InChI=1S/C21H19FN4O4S/c1-13-4-5-14(18-12-26-20(23-18)8-9-21(24-26)30-3)10-17(13)25-31(27,28)15-6-7-19(29-2)16(22)11-15/h4-12,25H,1-3H3. The van der Waals surface area contributed by atoms with Crippen LogP contribution in [-0.4, -0.2) is 37.2 Å². The molecular formula is C21H19FN4O4S. The predicted molar refractivity (Wildman–Crippen MR) is 113 cm³/mol. The van der Waals surface area contributed by atoms with Gasteiger partial charge in [0.15, 0.2) is 17.2 Å². The van der Waals surface area contributed by atoms with Crippen LogP contribution in [0.5, 0.6) is 11.6 Å². The monoisotopic (exact) mass is 442 g/mol. The molecule has 0 atom stereocenters. The number of aryl methyl sites for hydroxylation is 1. The smallest absolute Gasteiger partial charge is 0.262 e. The summed E-state index contributed by atoms with van der Waals surface area (Å²) >= 11 is 0. The van der Waals surface area contributed by atoms with Gasteiger partial charge in [-0.1, -0.05) is 12.1 Å². The van der Waals surface area contributed by atoms with Gasteiger partial charge >= 0.3 is 0 Å². The molecule has 4 rings (SSSR count). The van der Waals surface area contributed by atoms with Gasteiger partial charge < -0.3 is 9.47 Å². The number of benzene rings is 2. The lowest BCUT2D eigenvalue weighted by Gasteiger charge is -2.12. The maximum absolute atomic E-state index is 14.0. The molecule has 0 aliphatic carbocycles. The molecule has 0 amide bonds. The second-order valence-corrected chi connectivity index (χ2v) is 8.42. The minimum Gasteiger partial charge on any atom is -0.494 e. The van der Waals surface area contributed by atoms with E-state index in [1.807, 2.05) is 6.07 Å². The van der Waals surface area contributed by atoms with Crippen LogP contribution in [0.25, 0.3) is 16.9 Å². The van der Waals surface area contributed by atoms with Crippen LogP contribution in [-0.2, 0) is 10.0 Å². The molecule has 31 heavy (non-hydrogen) atoms. The molecule has 2 aromatic heterocycles. The number of anilines is 1. The van der Waals surface area contributed by atoms with Crippen molar-refractivity contribution in [1.82, 2.24) is 14.6 Å². The van der Waals surface area contributed by atoms with Gasteiger partial charge in [0.25, 0.3) is 10.0 Å². The quantitative estimate of drug-likeness (QED) is 0.490. The van der Waals surface area contributed by atoms with Crippen molar-refractivity contribution in [3.63, 3.8) is 0 Å². The number of rotatable bonds is 6.